The van der Waals surface area contributed by atoms with Crippen LogP contribution in [0.3, 0.4) is 0 Å². The molecule has 0 amide bonds. The summed E-state index contributed by atoms with van der Waals surface area (Å²) in [7, 11) is 0. The standard InChI is InChI=1S/C27H46O6/c1-15(9-12-28)5-6-16(2)17-13-19(30)24-25(17,3)11-8-21-26(4)10-7-18(29)23(32)22(26)20(31)14-27(21,24)33/h5-6,15-24,28-33H,7-14H2,1-4H3/b6-5+/t15?,16-,17-,18+,19-,20?,21-,22?,23?,24-,25-,26-,27+/m1/s1. The normalized spacial score (nSPS) is 53.9. The highest BCUT2D eigenvalue weighted by Crippen LogP contribution is 2.69. The lowest BCUT2D eigenvalue weighted by atomic mass is 9.41. The number of allylic oxidation sites excluding steroid dienone is 2. The van der Waals surface area contributed by atoms with Crippen molar-refractivity contribution in [2.75, 3.05) is 6.61 Å². The summed E-state index contributed by atoms with van der Waals surface area (Å²) in [5, 5.41) is 65.1. The zero-order chi connectivity index (χ0) is 24.3. The predicted molar refractivity (Wildman–Crippen MR) is 126 cm³/mol. The minimum absolute atomic E-state index is 0.123. The van der Waals surface area contributed by atoms with Gasteiger partial charge in [-0.15, -0.1) is 0 Å². The van der Waals surface area contributed by atoms with E-state index in [0.717, 1.165) is 19.3 Å². The van der Waals surface area contributed by atoms with E-state index >= 15 is 0 Å². The fourth-order valence-corrected chi connectivity index (χ4v) is 9.25. The van der Waals surface area contributed by atoms with E-state index in [4.69, 9.17) is 0 Å². The van der Waals surface area contributed by atoms with E-state index in [0.29, 0.717) is 25.2 Å². The van der Waals surface area contributed by atoms with Gasteiger partial charge in [-0.1, -0.05) is 39.8 Å². The second-order valence-electron chi connectivity index (χ2n) is 12.6. The molecule has 0 radical (unpaired) electrons. The van der Waals surface area contributed by atoms with E-state index in [1.54, 1.807) is 0 Å². The van der Waals surface area contributed by atoms with Crippen LogP contribution in [-0.2, 0) is 0 Å². The summed E-state index contributed by atoms with van der Waals surface area (Å²) >= 11 is 0. The third-order valence-electron chi connectivity index (χ3n) is 10.8. The van der Waals surface area contributed by atoms with Gasteiger partial charge in [-0.3, -0.25) is 0 Å². The fourth-order valence-electron chi connectivity index (χ4n) is 9.25. The SMILES string of the molecule is CC(/C=C/[C@@H](C)[C@H]1C[C@@H](O)[C@@H]2[C@]1(C)CC[C@H]1[C@@]2(O)CC(O)C2C(O)[C@@H](O)CC[C@@]21C)CCO. The fraction of sp³-hybridized carbons (Fsp3) is 0.926. The summed E-state index contributed by atoms with van der Waals surface area (Å²) in [6.07, 6.45) is 5.34. The first-order chi connectivity index (χ1) is 15.4. The molecule has 0 heterocycles. The van der Waals surface area contributed by atoms with Crippen molar-refractivity contribution in [1.29, 1.82) is 0 Å². The summed E-state index contributed by atoms with van der Waals surface area (Å²) in [5.74, 6) is -0.148. The Labute approximate surface area is 198 Å². The average molecular weight is 467 g/mol. The Morgan fingerprint density at radius 1 is 0.909 bits per heavy atom. The van der Waals surface area contributed by atoms with Crippen LogP contribution in [0.25, 0.3) is 0 Å². The van der Waals surface area contributed by atoms with E-state index in [1.165, 1.54) is 0 Å². The van der Waals surface area contributed by atoms with Crippen LogP contribution in [0.2, 0.25) is 0 Å². The average Bonchev–Trinajstić information content (AvgIpc) is 3.00. The molecular weight excluding hydrogens is 420 g/mol. The van der Waals surface area contributed by atoms with Crippen molar-refractivity contribution in [2.24, 2.45) is 46.3 Å². The zero-order valence-electron chi connectivity index (χ0n) is 20.8. The molecule has 4 fully saturated rings. The predicted octanol–water partition coefficient (Wildman–Crippen LogP) is 2.24. The molecule has 0 aromatic heterocycles. The van der Waals surface area contributed by atoms with Crippen molar-refractivity contribution in [1.82, 2.24) is 0 Å². The molecule has 0 spiro atoms. The third-order valence-corrected chi connectivity index (χ3v) is 10.8. The van der Waals surface area contributed by atoms with Gasteiger partial charge in [0, 0.05) is 24.9 Å². The number of fused-ring (bicyclic) bond motifs is 5. The minimum atomic E-state index is -1.19. The molecular formula is C27H46O6. The maximum absolute atomic E-state index is 12.3. The summed E-state index contributed by atoms with van der Waals surface area (Å²) in [4.78, 5) is 0. The number of aliphatic hydroxyl groups excluding tert-OH is 5. The maximum Gasteiger partial charge on any atom is 0.0857 e. The third kappa shape index (κ3) is 3.84. The Morgan fingerprint density at radius 3 is 2.24 bits per heavy atom. The van der Waals surface area contributed by atoms with E-state index in [9.17, 15) is 30.6 Å². The highest BCUT2D eigenvalue weighted by Gasteiger charge is 2.71. The van der Waals surface area contributed by atoms with Gasteiger partial charge in [0.2, 0.25) is 0 Å². The molecule has 4 aliphatic rings. The molecule has 0 bridgehead atoms. The molecule has 4 saturated carbocycles. The van der Waals surface area contributed by atoms with Gasteiger partial charge in [0.1, 0.15) is 0 Å². The number of hydrogen-bond donors (Lipinski definition) is 6. The first-order valence-corrected chi connectivity index (χ1v) is 13.1. The van der Waals surface area contributed by atoms with Crippen LogP contribution in [0.1, 0.15) is 72.6 Å². The molecule has 6 N–H and O–H groups in total. The van der Waals surface area contributed by atoms with Crippen LogP contribution in [0, 0.1) is 46.3 Å². The van der Waals surface area contributed by atoms with Gasteiger partial charge in [-0.05, 0) is 73.0 Å². The van der Waals surface area contributed by atoms with Crippen LogP contribution >= 0.6 is 0 Å². The van der Waals surface area contributed by atoms with Crippen molar-refractivity contribution < 1.29 is 30.6 Å². The van der Waals surface area contributed by atoms with Gasteiger partial charge in [0.15, 0.2) is 0 Å². The smallest absolute Gasteiger partial charge is 0.0857 e. The van der Waals surface area contributed by atoms with Crippen LogP contribution in [-0.4, -0.2) is 67.3 Å². The number of aliphatic hydroxyl groups is 6. The molecule has 0 saturated heterocycles. The zero-order valence-corrected chi connectivity index (χ0v) is 20.8. The first kappa shape index (κ1) is 25.6. The Morgan fingerprint density at radius 2 is 1.58 bits per heavy atom. The largest absolute Gasteiger partial charge is 0.396 e. The summed E-state index contributed by atoms with van der Waals surface area (Å²) in [5.41, 5.74) is -1.92. The van der Waals surface area contributed by atoms with Crippen molar-refractivity contribution in [3.05, 3.63) is 12.2 Å². The van der Waals surface area contributed by atoms with Gasteiger partial charge in [-0.25, -0.2) is 0 Å². The molecule has 6 heteroatoms. The van der Waals surface area contributed by atoms with Gasteiger partial charge < -0.3 is 30.6 Å². The molecule has 4 unspecified atom stereocenters. The van der Waals surface area contributed by atoms with Crippen LogP contribution in [0.15, 0.2) is 12.2 Å². The highest BCUT2D eigenvalue weighted by molar-refractivity contribution is 5.21. The molecule has 0 aliphatic heterocycles. The molecule has 4 aliphatic carbocycles. The van der Waals surface area contributed by atoms with Crippen LogP contribution < -0.4 is 0 Å². The lowest BCUT2D eigenvalue weighted by molar-refractivity contribution is -0.280. The van der Waals surface area contributed by atoms with Crippen molar-refractivity contribution in [3.63, 3.8) is 0 Å². The Hall–Kier alpha value is -0.500. The molecule has 13 atom stereocenters. The van der Waals surface area contributed by atoms with E-state index in [-0.39, 0.29) is 42.1 Å². The van der Waals surface area contributed by atoms with Gasteiger partial charge in [0.25, 0.3) is 0 Å². The van der Waals surface area contributed by atoms with Gasteiger partial charge >= 0.3 is 0 Å². The molecule has 4 rings (SSSR count). The van der Waals surface area contributed by atoms with Crippen LogP contribution in [0.5, 0.6) is 0 Å². The Kier molecular flexibility index (Phi) is 6.87. The summed E-state index contributed by atoms with van der Waals surface area (Å²) in [6, 6.07) is 0. The quantitative estimate of drug-likeness (QED) is 0.346. The topological polar surface area (TPSA) is 121 Å². The second-order valence-corrected chi connectivity index (χ2v) is 12.6. The number of rotatable bonds is 5. The van der Waals surface area contributed by atoms with Crippen molar-refractivity contribution in [3.8, 4) is 0 Å². The molecule has 190 valence electrons. The monoisotopic (exact) mass is 466 g/mol. The van der Waals surface area contributed by atoms with Crippen molar-refractivity contribution >= 4 is 0 Å². The molecule has 0 aromatic rings. The van der Waals surface area contributed by atoms with E-state index in [1.807, 2.05) is 0 Å². The Bertz CT molecular complexity index is 742. The lowest BCUT2D eigenvalue weighted by Crippen LogP contribution is -2.70. The summed E-state index contributed by atoms with van der Waals surface area (Å²) < 4.78 is 0. The first-order valence-electron chi connectivity index (χ1n) is 13.1. The highest BCUT2D eigenvalue weighted by atomic mass is 16.3. The molecule has 33 heavy (non-hydrogen) atoms. The summed E-state index contributed by atoms with van der Waals surface area (Å²) in [6.45, 7) is 8.74. The van der Waals surface area contributed by atoms with E-state index < -0.39 is 41.3 Å². The maximum atomic E-state index is 12.3. The van der Waals surface area contributed by atoms with Gasteiger partial charge in [-0.2, -0.15) is 0 Å². The van der Waals surface area contributed by atoms with Crippen LogP contribution in [0.4, 0.5) is 0 Å². The lowest BCUT2D eigenvalue weighted by Gasteiger charge is -2.66. The van der Waals surface area contributed by atoms with E-state index in [2.05, 4.69) is 39.8 Å². The van der Waals surface area contributed by atoms with Crippen molar-refractivity contribution in [2.45, 2.75) is 103 Å². The number of hydrogen-bond acceptors (Lipinski definition) is 6. The minimum Gasteiger partial charge on any atom is -0.396 e. The second kappa shape index (κ2) is 8.86. The Balaban J connectivity index is 1.64. The van der Waals surface area contributed by atoms with Gasteiger partial charge in [0.05, 0.1) is 30.0 Å². The molecule has 6 nitrogen and oxygen atoms in total. The molecule has 0 aromatic carbocycles.